The van der Waals surface area contributed by atoms with E-state index in [0.717, 1.165) is 33.2 Å². The third-order valence-electron chi connectivity index (χ3n) is 8.41. The van der Waals surface area contributed by atoms with Gasteiger partial charge in [0.15, 0.2) is 0 Å². The summed E-state index contributed by atoms with van der Waals surface area (Å²) < 4.78 is 5.26. The van der Waals surface area contributed by atoms with E-state index in [4.69, 9.17) is 4.74 Å². The van der Waals surface area contributed by atoms with Crippen LogP contribution < -0.4 is 16.0 Å². The molecule has 11 nitrogen and oxygen atoms in total. The Hall–Kier alpha value is -6.23. The number of H-pyrrole nitrogens is 1. The van der Waals surface area contributed by atoms with Crippen molar-refractivity contribution < 1.29 is 28.7 Å². The summed E-state index contributed by atoms with van der Waals surface area (Å²) in [4.78, 5) is 71.8. The monoisotopic (exact) mass is 687 g/mol. The molecule has 0 unspecified atom stereocenters. The fraction of sp³-hybridized carbons (Fsp3) is 0.225. The molecule has 0 aliphatic carbocycles. The van der Waals surface area contributed by atoms with Crippen molar-refractivity contribution >= 4 is 40.5 Å². The van der Waals surface area contributed by atoms with Crippen LogP contribution in [0.5, 0.6) is 0 Å². The molecule has 5 rings (SSSR count). The van der Waals surface area contributed by atoms with Crippen molar-refractivity contribution in [2.75, 3.05) is 7.05 Å². The number of aromatic amines is 1. The molecule has 0 aliphatic heterocycles. The van der Waals surface area contributed by atoms with Crippen molar-refractivity contribution in [2.24, 2.45) is 0 Å². The first-order valence-corrected chi connectivity index (χ1v) is 16.7. The van der Waals surface area contributed by atoms with Gasteiger partial charge in [0, 0.05) is 43.5 Å². The Kier molecular flexibility index (Phi) is 12.3. The molecule has 5 aromatic rings. The molecule has 11 heteroatoms. The molecular formula is C40H41N5O6. The number of Topliss-reactive ketones (excluding diaryl/α,β-unsaturated/α-hetero) is 1. The van der Waals surface area contributed by atoms with Gasteiger partial charge < -0.3 is 30.6 Å². The van der Waals surface area contributed by atoms with Crippen LogP contribution in [0.3, 0.4) is 0 Å². The molecule has 51 heavy (non-hydrogen) atoms. The number of benzene rings is 4. The quantitative estimate of drug-likeness (QED) is 0.119. The summed E-state index contributed by atoms with van der Waals surface area (Å²) >= 11 is 0. The Labute approximate surface area is 296 Å². The Morgan fingerprint density at radius 2 is 1.24 bits per heavy atom. The number of hydrogen-bond donors (Lipinski definition) is 4. The van der Waals surface area contributed by atoms with Crippen LogP contribution in [0.2, 0.25) is 0 Å². The standard InChI is InChI=1S/C40H41N5O6/c1-27(42-40(50)51-26-30-18-10-5-11-19-30)37(47)44-35(23-31-24-41-33-21-13-12-20-32(31)33)38(48)43-34(22-28-14-6-3-7-15-28)36(46)39(49)45(2)25-29-16-8-4-9-17-29/h3-21,24,27,34-35,41H,22-23,25-26H2,1-2H3,(H,42,50)(H,43,48)(H,44,47)/t27-,34-,35-/m0/s1. The highest BCUT2D eigenvalue weighted by Gasteiger charge is 2.33. The lowest BCUT2D eigenvalue weighted by molar-refractivity contribution is -0.146. The van der Waals surface area contributed by atoms with Crippen molar-refractivity contribution in [2.45, 2.75) is 51.0 Å². The number of alkyl carbamates (subject to hydrolysis) is 1. The minimum absolute atomic E-state index is 0.0166. The van der Waals surface area contributed by atoms with Crippen LogP contribution in [-0.4, -0.2) is 64.7 Å². The number of para-hydroxylation sites is 1. The molecule has 0 bridgehead atoms. The SMILES string of the molecule is C[C@H](NC(=O)OCc1ccccc1)C(=O)N[C@@H](Cc1c[nH]c2ccccc12)C(=O)N[C@@H](Cc1ccccc1)C(=O)C(=O)N(C)Cc1ccccc1. The molecule has 4 N–H and O–H groups in total. The number of fused-ring (bicyclic) bond motifs is 1. The highest BCUT2D eigenvalue weighted by molar-refractivity contribution is 6.38. The minimum Gasteiger partial charge on any atom is -0.445 e. The second-order valence-electron chi connectivity index (χ2n) is 12.3. The van der Waals surface area contributed by atoms with Crippen LogP contribution in [0.4, 0.5) is 4.79 Å². The summed E-state index contributed by atoms with van der Waals surface area (Å²) in [5.74, 6) is -2.86. The van der Waals surface area contributed by atoms with Crippen molar-refractivity contribution in [3.05, 3.63) is 144 Å². The Bertz CT molecular complexity index is 1950. The van der Waals surface area contributed by atoms with Gasteiger partial charge in [0.2, 0.25) is 17.6 Å². The van der Waals surface area contributed by atoms with Gasteiger partial charge in [-0.05, 0) is 35.2 Å². The fourth-order valence-corrected chi connectivity index (χ4v) is 5.63. The average Bonchev–Trinajstić information content (AvgIpc) is 3.56. The maximum absolute atomic E-state index is 14.1. The molecule has 1 aromatic heterocycles. The third kappa shape index (κ3) is 10.1. The highest BCUT2D eigenvalue weighted by Crippen LogP contribution is 2.20. The number of rotatable bonds is 15. The molecule has 1 heterocycles. The van der Waals surface area contributed by atoms with Crippen LogP contribution in [0.15, 0.2) is 121 Å². The van der Waals surface area contributed by atoms with Crippen LogP contribution in [-0.2, 0) is 49.9 Å². The van der Waals surface area contributed by atoms with Gasteiger partial charge in [0.1, 0.15) is 24.7 Å². The van der Waals surface area contributed by atoms with E-state index >= 15 is 0 Å². The van der Waals surface area contributed by atoms with Gasteiger partial charge in [-0.25, -0.2) is 4.79 Å². The molecule has 4 amide bonds. The van der Waals surface area contributed by atoms with Gasteiger partial charge in [-0.2, -0.15) is 0 Å². The lowest BCUT2D eigenvalue weighted by Gasteiger charge is -2.25. The predicted molar refractivity (Wildman–Crippen MR) is 193 cm³/mol. The average molecular weight is 688 g/mol. The molecule has 262 valence electrons. The van der Waals surface area contributed by atoms with Gasteiger partial charge in [-0.3, -0.25) is 19.2 Å². The number of aromatic nitrogens is 1. The molecule has 3 atom stereocenters. The topological polar surface area (TPSA) is 150 Å². The van der Waals surface area contributed by atoms with Crippen LogP contribution in [0.25, 0.3) is 10.9 Å². The molecule has 4 aromatic carbocycles. The van der Waals surface area contributed by atoms with Gasteiger partial charge in [-0.1, -0.05) is 109 Å². The van der Waals surface area contributed by atoms with E-state index in [1.807, 2.05) is 91.0 Å². The maximum Gasteiger partial charge on any atom is 0.408 e. The summed E-state index contributed by atoms with van der Waals surface area (Å²) in [6, 6.07) is 31.5. The summed E-state index contributed by atoms with van der Waals surface area (Å²) in [7, 11) is 1.54. The van der Waals surface area contributed by atoms with E-state index in [9.17, 15) is 24.0 Å². The maximum atomic E-state index is 14.1. The Morgan fingerprint density at radius 3 is 1.90 bits per heavy atom. The number of nitrogens with zero attached hydrogens (tertiary/aromatic N) is 1. The van der Waals surface area contributed by atoms with E-state index in [-0.39, 0.29) is 26.0 Å². The van der Waals surface area contributed by atoms with E-state index in [0.29, 0.717) is 0 Å². The van der Waals surface area contributed by atoms with Crippen LogP contribution in [0, 0.1) is 0 Å². The third-order valence-corrected chi connectivity index (χ3v) is 8.41. The first-order chi connectivity index (χ1) is 24.7. The molecule has 0 fully saturated rings. The highest BCUT2D eigenvalue weighted by atomic mass is 16.5. The van der Waals surface area contributed by atoms with Gasteiger partial charge in [0.05, 0.1) is 0 Å². The van der Waals surface area contributed by atoms with Gasteiger partial charge in [0.25, 0.3) is 5.91 Å². The predicted octanol–water partition coefficient (Wildman–Crippen LogP) is 4.47. The molecule has 0 saturated carbocycles. The number of ketones is 1. The fourth-order valence-electron chi connectivity index (χ4n) is 5.63. The molecule has 0 aliphatic rings. The molecule has 0 radical (unpaired) electrons. The number of ether oxygens (including phenoxy) is 1. The number of likely N-dealkylation sites (N-methyl/N-ethyl adjacent to an activating group) is 1. The molecule has 0 spiro atoms. The van der Waals surface area contributed by atoms with Crippen molar-refractivity contribution in [1.29, 1.82) is 0 Å². The zero-order valence-corrected chi connectivity index (χ0v) is 28.5. The Balaban J connectivity index is 1.33. The van der Waals surface area contributed by atoms with E-state index in [1.54, 1.807) is 30.5 Å². The van der Waals surface area contributed by atoms with E-state index in [1.165, 1.54) is 18.9 Å². The normalized spacial score (nSPS) is 12.6. The van der Waals surface area contributed by atoms with Crippen molar-refractivity contribution in [1.82, 2.24) is 25.8 Å². The lowest BCUT2D eigenvalue weighted by atomic mass is 9.99. The zero-order chi connectivity index (χ0) is 36.2. The second-order valence-corrected chi connectivity index (χ2v) is 12.3. The zero-order valence-electron chi connectivity index (χ0n) is 28.5. The minimum atomic E-state index is -1.23. The largest absolute Gasteiger partial charge is 0.445 e. The summed E-state index contributed by atoms with van der Waals surface area (Å²) in [5, 5.41) is 8.89. The number of amides is 4. The number of carbonyl (C=O) groups is 5. The van der Waals surface area contributed by atoms with Gasteiger partial charge >= 0.3 is 6.09 Å². The second kappa shape index (κ2) is 17.4. The molecule has 0 saturated heterocycles. The smallest absolute Gasteiger partial charge is 0.408 e. The van der Waals surface area contributed by atoms with Crippen LogP contribution >= 0.6 is 0 Å². The van der Waals surface area contributed by atoms with Crippen LogP contribution in [0.1, 0.15) is 29.2 Å². The summed E-state index contributed by atoms with van der Waals surface area (Å²) in [6.07, 6.45) is 1.07. The van der Waals surface area contributed by atoms with E-state index < -0.39 is 47.7 Å². The number of carbonyl (C=O) groups excluding carboxylic acids is 5. The molecular weight excluding hydrogens is 646 g/mol. The van der Waals surface area contributed by atoms with Crippen molar-refractivity contribution in [3.63, 3.8) is 0 Å². The first kappa shape index (κ1) is 36.1. The summed E-state index contributed by atoms with van der Waals surface area (Å²) in [5.41, 5.74) is 3.96. The van der Waals surface area contributed by atoms with Gasteiger partial charge in [-0.15, -0.1) is 0 Å². The number of nitrogens with one attached hydrogen (secondary N) is 4. The lowest BCUT2D eigenvalue weighted by Crippen LogP contribution is -2.57. The summed E-state index contributed by atoms with van der Waals surface area (Å²) in [6.45, 7) is 1.70. The van der Waals surface area contributed by atoms with E-state index in [2.05, 4.69) is 20.9 Å². The number of hydrogen-bond acceptors (Lipinski definition) is 6. The first-order valence-electron chi connectivity index (χ1n) is 16.7. The Morgan fingerprint density at radius 1 is 0.667 bits per heavy atom. The van der Waals surface area contributed by atoms with Crippen molar-refractivity contribution in [3.8, 4) is 0 Å².